The molecule has 0 aliphatic carbocycles. The second kappa shape index (κ2) is 5.69. The molecule has 0 aromatic rings. The highest BCUT2D eigenvalue weighted by Crippen LogP contribution is 2.13. The summed E-state index contributed by atoms with van der Waals surface area (Å²) in [5.41, 5.74) is 0. The second-order valence-electron chi connectivity index (χ2n) is 3.44. The fourth-order valence-electron chi connectivity index (χ4n) is 1.10. The Balaban J connectivity index is 0.000000293. The van der Waals surface area contributed by atoms with Gasteiger partial charge in [0.05, 0.1) is 0 Å². The van der Waals surface area contributed by atoms with Gasteiger partial charge in [0, 0.05) is 0 Å². The summed E-state index contributed by atoms with van der Waals surface area (Å²) < 4.78 is 31.7. The molecule has 1 aliphatic rings. The highest BCUT2D eigenvalue weighted by Gasteiger charge is 2.38. The van der Waals surface area contributed by atoms with Gasteiger partial charge in [0.1, 0.15) is 6.04 Å². The van der Waals surface area contributed by atoms with Gasteiger partial charge in [-0.15, -0.1) is 0 Å². The van der Waals surface area contributed by atoms with Crippen LogP contribution in [0.4, 0.5) is 13.2 Å². The summed E-state index contributed by atoms with van der Waals surface area (Å²) in [4.78, 5) is 19.2. The molecule has 1 rings (SSSR count). The van der Waals surface area contributed by atoms with Crippen LogP contribution >= 0.6 is 0 Å². The first-order valence-electron chi connectivity index (χ1n) is 4.41. The average molecular weight is 243 g/mol. The third kappa shape index (κ3) is 5.54. The van der Waals surface area contributed by atoms with E-state index in [0.717, 1.165) is 13.0 Å². The van der Waals surface area contributed by atoms with E-state index in [4.69, 9.17) is 15.0 Å². The number of rotatable bonds is 1. The maximum absolute atomic E-state index is 10.6. The van der Waals surface area contributed by atoms with Crippen LogP contribution in [0.5, 0.6) is 0 Å². The van der Waals surface area contributed by atoms with Gasteiger partial charge in [-0.05, 0) is 18.9 Å². The van der Waals surface area contributed by atoms with Crippen LogP contribution < -0.4 is 5.32 Å². The van der Waals surface area contributed by atoms with Gasteiger partial charge >= 0.3 is 18.1 Å². The number of nitrogens with one attached hydrogen (secondary N) is 1. The van der Waals surface area contributed by atoms with Crippen molar-refractivity contribution in [3.05, 3.63) is 0 Å². The fourth-order valence-corrected chi connectivity index (χ4v) is 1.10. The molecule has 8 heteroatoms. The SMILES string of the molecule is C[C@@H]1CN[C@H](C(=O)O)C1.O=C(O)C(F)(F)F. The number of hydrogen-bond donors (Lipinski definition) is 3. The molecule has 1 saturated heterocycles. The van der Waals surface area contributed by atoms with Gasteiger partial charge in [-0.1, -0.05) is 6.92 Å². The van der Waals surface area contributed by atoms with E-state index in [2.05, 4.69) is 12.2 Å². The minimum Gasteiger partial charge on any atom is -0.480 e. The molecule has 0 unspecified atom stereocenters. The van der Waals surface area contributed by atoms with Gasteiger partial charge < -0.3 is 15.5 Å². The van der Waals surface area contributed by atoms with E-state index in [0.29, 0.717) is 5.92 Å². The fraction of sp³-hybridized carbons (Fsp3) is 0.750. The standard InChI is InChI=1S/C6H11NO2.C2HF3O2/c1-4-2-5(6(8)9)7-3-4;3-2(4,5)1(6)7/h4-5,7H,2-3H2,1H3,(H,8,9);(H,6,7)/t4-,5-;/m0./s1. The molecule has 94 valence electrons. The zero-order chi connectivity index (χ0) is 12.9. The Labute approximate surface area is 89.3 Å². The maximum Gasteiger partial charge on any atom is 0.490 e. The van der Waals surface area contributed by atoms with Crippen molar-refractivity contribution in [1.29, 1.82) is 0 Å². The number of hydrogen-bond acceptors (Lipinski definition) is 3. The lowest BCUT2D eigenvalue weighted by Crippen LogP contribution is -2.29. The number of carboxylic acid groups (broad SMARTS) is 2. The van der Waals surface area contributed by atoms with Crippen molar-refractivity contribution in [1.82, 2.24) is 5.32 Å². The molecule has 5 nitrogen and oxygen atoms in total. The van der Waals surface area contributed by atoms with Gasteiger partial charge in [0.2, 0.25) is 0 Å². The number of aliphatic carboxylic acids is 2. The van der Waals surface area contributed by atoms with Crippen molar-refractivity contribution in [2.24, 2.45) is 5.92 Å². The zero-order valence-electron chi connectivity index (χ0n) is 8.41. The summed E-state index contributed by atoms with van der Waals surface area (Å²) in [6.07, 6.45) is -4.31. The van der Waals surface area contributed by atoms with Crippen molar-refractivity contribution >= 4 is 11.9 Å². The Morgan fingerprint density at radius 1 is 1.31 bits per heavy atom. The van der Waals surface area contributed by atoms with Crippen molar-refractivity contribution < 1.29 is 33.0 Å². The minimum absolute atomic E-state index is 0.292. The molecular formula is C8H12F3NO4. The first kappa shape index (κ1) is 14.7. The lowest BCUT2D eigenvalue weighted by Gasteiger charge is -2.00. The van der Waals surface area contributed by atoms with Crippen LogP contribution in [-0.2, 0) is 9.59 Å². The van der Waals surface area contributed by atoms with Crippen LogP contribution in [0.15, 0.2) is 0 Å². The molecule has 0 saturated carbocycles. The average Bonchev–Trinajstić information content (AvgIpc) is 2.51. The first-order chi connectivity index (χ1) is 7.14. The van der Waals surface area contributed by atoms with Crippen molar-refractivity contribution in [2.75, 3.05) is 6.54 Å². The van der Waals surface area contributed by atoms with Crippen molar-refractivity contribution in [3.63, 3.8) is 0 Å². The lowest BCUT2D eigenvalue weighted by molar-refractivity contribution is -0.192. The molecule has 1 aliphatic heterocycles. The van der Waals surface area contributed by atoms with Crippen molar-refractivity contribution in [3.8, 4) is 0 Å². The predicted molar refractivity (Wildman–Crippen MR) is 46.9 cm³/mol. The van der Waals surface area contributed by atoms with Crippen LogP contribution in [0, 0.1) is 5.92 Å². The molecule has 0 amide bonds. The number of carboxylic acids is 2. The third-order valence-electron chi connectivity index (χ3n) is 1.89. The molecule has 0 aromatic carbocycles. The summed E-state index contributed by atoms with van der Waals surface area (Å²) in [6, 6.07) is -0.292. The van der Waals surface area contributed by atoms with Gasteiger partial charge in [-0.2, -0.15) is 13.2 Å². The Morgan fingerprint density at radius 2 is 1.75 bits per heavy atom. The first-order valence-corrected chi connectivity index (χ1v) is 4.41. The van der Waals surface area contributed by atoms with Crippen LogP contribution in [0.3, 0.4) is 0 Å². The molecule has 16 heavy (non-hydrogen) atoms. The number of alkyl halides is 3. The normalized spacial score (nSPS) is 24.5. The van der Waals surface area contributed by atoms with Gasteiger partial charge in [-0.25, -0.2) is 4.79 Å². The molecule has 1 fully saturated rings. The van der Waals surface area contributed by atoms with E-state index in [1.165, 1.54) is 0 Å². The lowest BCUT2D eigenvalue weighted by atomic mass is 10.1. The van der Waals surface area contributed by atoms with E-state index < -0.39 is 18.1 Å². The van der Waals surface area contributed by atoms with Crippen molar-refractivity contribution in [2.45, 2.75) is 25.6 Å². The van der Waals surface area contributed by atoms with E-state index in [1.54, 1.807) is 0 Å². The summed E-state index contributed by atoms with van der Waals surface area (Å²) in [7, 11) is 0. The van der Waals surface area contributed by atoms with Gasteiger partial charge in [0.25, 0.3) is 0 Å². The molecule has 0 spiro atoms. The molecular weight excluding hydrogens is 231 g/mol. The molecule has 0 radical (unpaired) electrons. The Bertz CT molecular complexity index is 266. The topological polar surface area (TPSA) is 86.6 Å². The number of carbonyl (C=O) groups is 2. The third-order valence-corrected chi connectivity index (χ3v) is 1.89. The monoisotopic (exact) mass is 243 g/mol. The van der Waals surface area contributed by atoms with Crippen LogP contribution in [0.25, 0.3) is 0 Å². The summed E-state index contributed by atoms with van der Waals surface area (Å²) in [6.45, 7) is 2.90. The molecule has 3 N–H and O–H groups in total. The van der Waals surface area contributed by atoms with Crippen LogP contribution in [-0.4, -0.2) is 40.9 Å². The van der Waals surface area contributed by atoms with Crippen LogP contribution in [0.1, 0.15) is 13.3 Å². The molecule has 0 aromatic heterocycles. The highest BCUT2D eigenvalue weighted by molar-refractivity contribution is 5.73. The largest absolute Gasteiger partial charge is 0.490 e. The summed E-state index contributed by atoms with van der Waals surface area (Å²) in [5, 5.41) is 18.5. The molecule has 1 heterocycles. The smallest absolute Gasteiger partial charge is 0.480 e. The van der Waals surface area contributed by atoms with Gasteiger partial charge in [-0.3, -0.25) is 4.79 Å². The summed E-state index contributed by atoms with van der Waals surface area (Å²) >= 11 is 0. The van der Waals surface area contributed by atoms with E-state index in [9.17, 15) is 18.0 Å². The Hall–Kier alpha value is -1.31. The Morgan fingerprint density at radius 3 is 1.88 bits per heavy atom. The maximum atomic E-state index is 10.6. The minimum atomic E-state index is -5.08. The molecule has 0 bridgehead atoms. The molecule has 2 atom stereocenters. The van der Waals surface area contributed by atoms with E-state index >= 15 is 0 Å². The summed E-state index contributed by atoms with van der Waals surface area (Å²) in [5.74, 6) is -2.96. The quantitative estimate of drug-likeness (QED) is 0.631. The van der Waals surface area contributed by atoms with Gasteiger partial charge in [0.15, 0.2) is 0 Å². The zero-order valence-corrected chi connectivity index (χ0v) is 8.41. The Kier molecular flexibility index (Phi) is 5.22. The van der Waals surface area contributed by atoms with Crippen LogP contribution in [0.2, 0.25) is 0 Å². The second-order valence-corrected chi connectivity index (χ2v) is 3.44. The van der Waals surface area contributed by atoms with E-state index in [1.807, 2.05) is 0 Å². The predicted octanol–water partition coefficient (Wildman–Crippen LogP) is 0.702. The number of halogens is 3. The van der Waals surface area contributed by atoms with E-state index in [-0.39, 0.29) is 6.04 Å². The highest BCUT2D eigenvalue weighted by atomic mass is 19.4.